The SMILES string of the molecule is O=C(c1cc(N2C(=O)C3C4CCC(C4)C3C2=O)ccc1Cl)N1CC[NH+](Cc2ccccc2)CC1. The van der Waals surface area contributed by atoms with Crippen LogP contribution in [-0.2, 0) is 16.1 Å². The lowest BCUT2D eigenvalue weighted by Crippen LogP contribution is -3.13. The summed E-state index contributed by atoms with van der Waals surface area (Å²) in [7, 11) is 0. The van der Waals surface area contributed by atoms with Gasteiger partial charge < -0.3 is 9.80 Å². The summed E-state index contributed by atoms with van der Waals surface area (Å²) in [6.45, 7) is 3.98. The average molecular weight is 479 g/mol. The number of halogens is 1. The molecule has 6 nitrogen and oxygen atoms in total. The number of imide groups is 1. The molecule has 2 saturated heterocycles. The van der Waals surface area contributed by atoms with Gasteiger partial charge in [-0.3, -0.25) is 19.3 Å². The molecule has 4 fully saturated rings. The predicted molar refractivity (Wildman–Crippen MR) is 129 cm³/mol. The molecule has 2 aliphatic carbocycles. The molecule has 34 heavy (non-hydrogen) atoms. The Morgan fingerprint density at radius 1 is 0.941 bits per heavy atom. The number of piperazine rings is 1. The first-order chi connectivity index (χ1) is 16.5. The predicted octanol–water partition coefficient (Wildman–Crippen LogP) is 2.42. The van der Waals surface area contributed by atoms with Crippen molar-refractivity contribution in [3.63, 3.8) is 0 Å². The monoisotopic (exact) mass is 478 g/mol. The van der Waals surface area contributed by atoms with Gasteiger partial charge in [-0.1, -0.05) is 41.9 Å². The van der Waals surface area contributed by atoms with Crippen molar-refractivity contribution in [2.24, 2.45) is 23.7 Å². The van der Waals surface area contributed by atoms with E-state index in [1.54, 1.807) is 18.2 Å². The summed E-state index contributed by atoms with van der Waals surface area (Å²) in [5.74, 6) is -0.0189. The number of anilines is 1. The molecule has 2 aromatic rings. The highest BCUT2D eigenvalue weighted by Crippen LogP contribution is 2.56. The molecule has 4 unspecified atom stereocenters. The van der Waals surface area contributed by atoms with Crippen LogP contribution in [0.5, 0.6) is 0 Å². The Labute approximate surface area is 204 Å². The number of carbonyl (C=O) groups is 3. The van der Waals surface area contributed by atoms with E-state index in [4.69, 9.17) is 11.6 Å². The number of nitrogens with zero attached hydrogens (tertiary/aromatic N) is 2. The molecule has 4 aliphatic rings. The van der Waals surface area contributed by atoms with Gasteiger partial charge in [-0.15, -0.1) is 0 Å². The van der Waals surface area contributed by atoms with Crippen molar-refractivity contribution in [1.29, 1.82) is 0 Å². The Balaban J connectivity index is 1.17. The largest absolute Gasteiger partial charge is 0.328 e. The summed E-state index contributed by atoms with van der Waals surface area (Å²) < 4.78 is 0. The van der Waals surface area contributed by atoms with E-state index in [2.05, 4.69) is 24.3 Å². The van der Waals surface area contributed by atoms with Crippen LogP contribution in [0.2, 0.25) is 5.02 Å². The van der Waals surface area contributed by atoms with Gasteiger partial charge in [-0.2, -0.15) is 0 Å². The molecule has 0 radical (unpaired) electrons. The maximum atomic E-state index is 13.4. The van der Waals surface area contributed by atoms with Gasteiger partial charge in [0, 0.05) is 5.56 Å². The van der Waals surface area contributed by atoms with Crippen LogP contribution in [-0.4, -0.2) is 48.8 Å². The van der Waals surface area contributed by atoms with Gasteiger partial charge in [0.15, 0.2) is 0 Å². The molecule has 1 N–H and O–H groups in total. The smallest absolute Gasteiger partial charge is 0.255 e. The zero-order chi connectivity index (χ0) is 23.4. The van der Waals surface area contributed by atoms with Crippen molar-refractivity contribution in [1.82, 2.24) is 4.90 Å². The number of benzene rings is 2. The lowest BCUT2D eigenvalue weighted by Gasteiger charge is -2.32. The third-order valence-corrected chi connectivity index (χ3v) is 8.75. The Bertz CT molecular complexity index is 1120. The van der Waals surface area contributed by atoms with Crippen LogP contribution in [0, 0.1) is 23.7 Å². The first-order valence-corrected chi connectivity index (χ1v) is 12.7. The molecule has 0 aromatic heterocycles. The summed E-state index contributed by atoms with van der Waals surface area (Å²) in [6.07, 6.45) is 3.09. The maximum Gasteiger partial charge on any atom is 0.255 e. The van der Waals surface area contributed by atoms with Gasteiger partial charge in [0.05, 0.1) is 54.3 Å². The second-order valence-electron chi connectivity index (χ2n) is 10.3. The molecule has 2 bridgehead atoms. The summed E-state index contributed by atoms with van der Waals surface area (Å²) >= 11 is 6.44. The summed E-state index contributed by atoms with van der Waals surface area (Å²) in [5, 5.41) is 0.354. The van der Waals surface area contributed by atoms with E-state index in [0.29, 0.717) is 41.2 Å². The molecule has 176 valence electrons. The Hall–Kier alpha value is -2.70. The number of nitrogens with one attached hydrogen (secondary N) is 1. The van der Waals surface area contributed by atoms with E-state index >= 15 is 0 Å². The van der Waals surface area contributed by atoms with Crippen LogP contribution >= 0.6 is 11.6 Å². The van der Waals surface area contributed by atoms with Gasteiger partial charge >= 0.3 is 0 Å². The highest BCUT2D eigenvalue weighted by atomic mass is 35.5. The van der Waals surface area contributed by atoms with E-state index in [-0.39, 0.29) is 29.6 Å². The number of quaternary nitrogens is 1. The molecule has 2 aliphatic heterocycles. The minimum Gasteiger partial charge on any atom is -0.328 e. The zero-order valence-electron chi connectivity index (χ0n) is 19.1. The van der Waals surface area contributed by atoms with Crippen LogP contribution < -0.4 is 9.80 Å². The van der Waals surface area contributed by atoms with Crippen LogP contribution in [0.1, 0.15) is 35.2 Å². The van der Waals surface area contributed by atoms with Crippen molar-refractivity contribution < 1.29 is 19.3 Å². The molecular formula is C27H29ClN3O3+. The van der Waals surface area contributed by atoms with Gasteiger partial charge in [0.1, 0.15) is 6.54 Å². The molecule has 7 heteroatoms. The van der Waals surface area contributed by atoms with Crippen molar-refractivity contribution in [3.05, 3.63) is 64.7 Å². The van der Waals surface area contributed by atoms with E-state index in [0.717, 1.165) is 38.9 Å². The summed E-state index contributed by atoms with van der Waals surface area (Å²) in [5.41, 5.74) is 2.14. The average Bonchev–Trinajstić information content (AvgIpc) is 3.54. The highest BCUT2D eigenvalue weighted by Gasteiger charge is 2.61. The van der Waals surface area contributed by atoms with Gasteiger partial charge in [0.2, 0.25) is 11.8 Å². The normalized spacial score (nSPS) is 28.6. The van der Waals surface area contributed by atoms with Crippen molar-refractivity contribution >= 4 is 35.0 Å². The Kier molecular flexibility index (Phi) is 5.46. The van der Waals surface area contributed by atoms with E-state index in [1.165, 1.54) is 15.4 Å². The van der Waals surface area contributed by atoms with Crippen molar-refractivity contribution in [3.8, 4) is 0 Å². The lowest BCUT2D eigenvalue weighted by molar-refractivity contribution is -0.917. The van der Waals surface area contributed by atoms with Crippen LogP contribution in [0.25, 0.3) is 0 Å². The maximum absolute atomic E-state index is 13.4. The molecule has 2 heterocycles. The highest BCUT2D eigenvalue weighted by molar-refractivity contribution is 6.34. The van der Waals surface area contributed by atoms with Crippen molar-refractivity contribution in [2.75, 3.05) is 31.1 Å². The van der Waals surface area contributed by atoms with Gasteiger partial charge in [0.25, 0.3) is 5.91 Å². The van der Waals surface area contributed by atoms with Gasteiger partial charge in [-0.25, -0.2) is 0 Å². The fraction of sp³-hybridized carbons (Fsp3) is 0.444. The summed E-state index contributed by atoms with van der Waals surface area (Å²) in [6, 6.07) is 15.4. The fourth-order valence-electron chi connectivity index (χ4n) is 6.74. The minimum atomic E-state index is -0.179. The van der Waals surface area contributed by atoms with Crippen LogP contribution in [0.3, 0.4) is 0 Å². The van der Waals surface area contributed by atoms with Gasteiger partial charge in [-0.05, 0) is 49.3 Å². The minimum absolute atomic E-state index is 0.0963. The fourth-order valence-corrected chi connectivity index (χ4v) is 6.94. The van der Waals surface area contributed by atoms with E-state index in [9.17, 15) is 14.4 Å². The number of carbonyl (C=O) groups excluding carboxylic acids is 3. The molecule has 2 aromatic carbocycles. The Morgan fingerprint density at radius 2 is 1.59 bits per heavy atom. The number of amides is 3. The molecule has 2 saturated carbocycles. The molecule has 0 spiro atoms. The first kappa shape index (κ1) is 21.8. The molecule has 3 amide bonds. The molecular weight excluding hydrogens is 450 g/mol. The number of rotatable bonds is 4. The molecule has 4 atom stereocenters. The van der Waals surface area contributed by atoms with Crippen molar-refractivity contribution in [2.45, 2.75) is 25.8 Å². The standard InChI is InChI=1S/C27H28ClN3O3/c28-22-9-8-20(31-26(33)23-18-6-7-19(14-18)24(23)27(31)34)15-21(22)25(32)30-12-10-29(11-13-30)16-17-4-2-1-3-5-17/h1-5,8-9,15,18-19,23-24H,6-7,10-14,16H2/p+1. The third-order valence-electron chi connectivity index (χ3n) is 8.42. The Morgan fingerprint density at radius 3 is 2.24 bits per heavy atom. The lowest BCUT2D eigenvalue weighted by atomic mass is 9.81. The number of hydrogen-bond donors (Lipinski definition) is 1. The molecule has 6 rings (SSSR count). The van der Waals surface area contributed by atoms with Crippen LogP contribution in [0.15, 0.2) is 48.5 Å². The topological polar surface area (TPSA) is 62.1 Å². The second-order valence-corrected chi connectivity index (χ2v) is 10.7. The summed E-state index contributed by atoms with van der Waals surface area (Å²) in [4.78, 5) is 44.4. The van der Waals surface area contributed by atoms with E-state index in [1.807, 2.05) is 11.0 Å². The zero-order valence-corrected chi connectivity index (χ0v) is 19.8. The van der Waals surface area contributed by atoms with E-state index < -0.39 is 0 Å². The number of hydrogen-bond acceptors (Lipinski definition) is 3. The first-order valence-electron chi connectivity index (χ1n) is 12.4. The quantitative estimate of drug-likeness (QED) is 0.686. The second kappa shape index (κ2) is 8.51. The van der Waals surface area contributed by atoms with Crippen LogP contribution in [0.4, 0.5) is 5.69 Å². The number of fused-ring (bicyclic) bond motifs is 5. The third kappa shape index (κ3) is 3.55.